The molecule has 0 bridgehead atoms. The number of carbonyl (C=O) groups is 1. The van der Waals surface area contributed by atoms with E-state index in [-0.39, 0.29) is 12.1 Å². The number of nitrogens with zero attached hydrogens (tertiary/aromatic N) is 1. The van der Waals surface area contributed by atoms with E-state index in [1.165, 1.54) is 24.3 Å². The molecule has 31 heavy (non-hydrogen) atoms. The Kier molecular flexibility index (Phi) is 7.07. The summed E-state index contributed by atoms with van der Waals surface area (Å²) in [5.41, 5.74) is 2.00. The molecular weight excluding hydrogens is 415 g/mol. The van der Waals surface area contributed by atoms with Gasteiger partial charge in [-0.25, -0.2) is 12.8 Å². The molecule has 3 aromatic carbocycles. The van der Waals surface area contributed by atoms with Crippen molar-refractivity contribution in [3.8, 4) is 0 Å². The Balaban J connectivity index is 1.97. The van der Waals surface area contributed by atoms with E-state index in [4.69, 9.17) is 0 Å². The average Bonchev–Trinajstić information content (AvgIpc) is 2.77. The molecule has 0 radical (unpaired) electrons. The Hall–Kier alpha value is -3.19. The van der Waals surface area contributed by atoms with Crippen LogP contribution in [-0.4, -0.2) is 26.6 Å². The topological polar surface area (TPSA) is 66.5 Å². The second-order valence-electron chi connectivity index (χ2n) is 7.22. The minimum Gasteiger partial charge on any atom is -0.343 e. The van der Waals surface area contributed by atoms with E-state index in [2.05, 4.69) is 5.32 Å². The van der Waals surface area contributed by atoms with Gasteiger partial charge in [0.05, 0.1) is 18.0 Å². The second-order valence-corrected chi connectivity index (χ2v) is 9.08. The largest absolute Gasteiger partial charge is 0.343 e. The van der Waals surface area contributed by atoms with Crippen LogP contribution in [0.5, 0.6) is 0 Å². The van der Waals surface area contributed by atoms with Crippen molar-refractivity contribution in [3.05, 3.63) is 102 Å². The van der Waals surface area contributed by atoms with Crippen molar-refractivity contribution < 1.29 is 17.6 Å². The number of nitrogens with one attached hydrogen (secondary N) is 1. The predicted octanol–water partition coefficient (Wildman–Crippen LogP) is 4.28. The third-order valence-electron chi connectivity index (χ3n) is 4.96. The van der Waals surface area contributed by atoms with Crippen LogP contribution in [0.25, 0.3) is 0 Å². The van der Waals surface area contributed by atoms with Gasteiger partial charge in [0.1, 0.15) is 11.9 Å². The molecule has 0 aliphatic rings. The first kappa shape index (κ1) is 22.5. The van der Waals surface area contributed by atoms with E-state index < -0.39 is 33.8 Å². The summed E-state index contributed by atoms with van der Waals surface area (Å²) in [7, 11) is -3.80. The number of hydrogen-bond donors (Lipinski definition) is 1. The van der Waals surface area contributed by atoms with E-state index in [0.717, 1.165) is 21.7 Å². The quantitative estimate of drug-likeness (QED) is 0.569. The normalized spacial score (nSPS) is 12.4. The summed E-state index contributed by atoms with van der Waals surface area (Å²) >= 11 is 0. The highest BCUT2D eigenvalue weighted by molar-refractivity contribution is 7.92. The molecular formula is C24H25FN2O3S. The molecule has 0 saturated heterocycles. The lowest BCUT2D eigenvalue weighted by Crippen LogP contribution is -2.50. The molecule has 3 aromatic rings. The Bertz CT molecular complexity index is 1070. The zero-order valence-corrected chi connectivity index (χ0v) is 18.2. The van der Waals surface area contributed by atoms with Gasteiger partial charge in [-0.1, -0.05) is 67.6 Å². The molecule has 0 fully saturated rings. The number of sulfonamides is 1. The average molecular weight is 441 g/mol. The Morgan fingerprint density at radius 3 is 1.81 bits per heavy atom. The van der Waals surface area contributed by atoms with Gasteiger partial charge in [-0.2, -0.15) is 0 Å². The lowest BCUT2D eigenvalue weighted by atomic mass is 9.98. The van der Waals surface area contributed by atoms with Crippen LogP contribution in [0.15, 0.2) is 84.9 Å². The Labute approximate surface area is 182 Å². The molecule has 0 saturated carbocycles. The highest BCUT2D eigenvalue weighted by Gasteiger charge is 2.33. The Morgan fingerprint density at radius 1 is 0.903 bits per heavy atom. The van der Waals surface area contributed by atoms with Crippen LogP contribution < -0.4 is 9.62 Å². The summed E-state index contributed by atoms with van der Waals surface area (Å²) in [6.07, 6.45) is 1.28. The van der Waals surface area contributed by atoms with Crippen LogP contribution in [-0.2, 0) is 14.8 Å². The minimum absolute atomic E-state index is 0.238. The molecule has 5 nitrogen and oxygen atoms in total. The fourth-order valence-electron chi connectivity index (χ4n) is 3.54. The fourth-order valence-corrected chi connectivity index (χ4v) is 4.75. The maximum absolute atomic E-state index is 13.4. The summed E-state index contributed by atoms with van der Waals surface area (Å²) < 4.78 is 39.6. The van der Waals surface area contributed by atoms with Gasteiger partial charge in [-0.05, 0) is 41.8 Å². The van der Waals surface area contributed by atoms with E-state index in [9.17, 15) is 17.6 Å². The molecule has 0 aliphatic heterocycles. The molecule has 1 N–H and O–H groups in total. The number of carbonyl (C=O) groups excluding carboxylic acids is 1. The molecule has 162 valence electrons. The molecule has 0 unspecified atom stereocenters. The van der Waals surface area contributed by atoms with Crippen LogP contribution in [0.4, 0.5) is 10.1 Å². The maximum Gasteiger partial charge on any atom is 0.244 e. The number of anilines is 1. The molecule has 0 aliphatic carbocycles. The summed E-state index contributed by atoms with van der Waals surface area (Å²) in [6, 6.07) is 22.6. The van der Waals surface area contributed by atoms with Gasteiger partial charge in [0.2, 0.25) is 15.9 Å². The zero-order valence-electron chi connectivity index (χ0n) is 17.4. The third kappa shape index (κ3) is 5.49. The summed E-state index contributed by atoms with van der Waals surface area (Å²) in [4.78, 5) is 13.4. The first-order valence-corrected chi connectivity index (χ1v) is 11.8. The number of halogens is 1. The number of hydrogen-bond acceptors (Lipinski definition) is 3. The van der Waals surface area contributed by atoms with E-state index in [0.29, 0.717) is 0 Å². The molecule has 0 spiro atoms. The van der Waals surface area contributed by atoms with Crippen molar-refractivity contribution in [1.82, 2.24) is 5.32 Å². The van der Waals surface area contributed by atoms with E-state index in [1.807, 2.05) is 60.7 Å². The van der Waals surface area contributed by atoms with E-state index in [1.54, 1.807) is 6.92 Å². The molecule has 0 heterocycles. The van der Waals surface area contributed by atoms with Crippen LogP contribution in [0.2, 0.25) is 0 Å². The van der Waals surface area contributed by atoms with Crippen molar-refractivity contribution >= 4 is 21.6 Å². The lowest BCUT2D eigenvalue weighted by molar-refractivity contribution is -0.122. The van der Waals surface area contributed by atoms with Crippen molar-refractivity contribution in [2.75, 3.05) is 10.6 Å². The van der Waals surface area contributed by atoms with Crippen molar-refractivity contribution in [2.45, 2.75) is 25.4 Å². The second kappa shape index (κ2) is 9.75. The lowest BCUT2D eigenvalue weighted by Gasteiger charge is -2.31. The Morgan fingerprint density at radius 2 is 1.39 bits per heavy atom. The van der Waals surface area contributed by atoms with Crippen LogP contribution in [0.3, 0.4) is 0 Å². The molecule has 1 amide bonds. The number of rotatable bonds is 8. The van der Waals surface area contributed by atoms with Gasteiger partial charge in [-0.15, -0.1) is 0 Å². The number of benzene rings is 3. The first-order valence-electron chi connectivity index (χ1n) is 9.96. The first-order chi connectivity index (χ1) is 14.8. The van der Waals surface area contributed by atoms with Crippen molar-refractivity contribution in [3.63, 3.8) is 0 Å². The monoisotopic (exact) mass is 440 g/mol. The molecule has 0 aromatic heterocycles. The summed E-state index contributed by atoms with van der Waals surface area (Å²) in [5, 5.41) is 3.02. The summed E-state index contributed by atoms with van der Waals surface area (Å²) in [5.74, 6) is -0.919. The van der Waals surface area contributed by atoms with E-state index >= 15 is 0 Å². The standard InChI is InChI=1S/C24H25FN2O3S/c1-3-22(27(31(2,29)30)21-16-14-20(25)15-17-21)24(28)26-23(18-10-6-4-7-11-18)19-12-8-5-9-13-19/h4-17,22-23H,3H2,1-2H3,(H,26,28)/t22-/m1/s1. The van der Waals surface area contributed by atoms with Gasteiger partial charge in [0.15, 0.2) is 0 Å². The smallest absolute Gasteiger partial charge is 0.244 e. The van der Waals surface area contributed by atoms with Crippen LogP contribution in [0.1, 0.15) is 30.5 Å². The molecule has 1 atom stereocenters. The van der Waals surface area contributed by atoms with Gasteiger partial charge in [0.25, 0.3) is 0 Å². The molecule has 3 rings (SSSR count). The van der Waals surface area contributed by atoms with Gasteiger partial charge >= 0.3 is 0 Å². The van der Waals surface area contributed by atoms with Crippen molar-refractivity contribution in [2.24, 2.45) is 0 Å². The fraction of sp³-hybridized carbons (Fsp3) is 0.208. The van der Waals surface area contributed by atoms with Crippen LogP contribution in [0, 0.1) is 5.82 Å². The summed E-state index contributed by atoms with van der Waals surface area (Å²) in [6.45, 7) is 1.74. The van der Waals surface area contributed by atoms with Gasteiger partial charge in [-0.3, -0.25) is 9.10 Å². The van der Waals surface area contributed by atoms with Gasteiger partial charge < -0.3 is 5.32 Å². The highest BCUT2D eigenvalue weighted by Crippen LogP contribution is 2.26. The van der Waals surface area contributed by atoms with Crippen molar-refractivity contribution in [1.29, 1.82) is 0 Å². The number of amides is 1. The van der Waals surface area contributed by atoms with Crippen LogP contribution >= 0.6 is 0 Å². The minimum atomic E-state index is -3.80. The SMILES string of the molecule is CC[C@H](C(=O)NC(c1ccccc1)c1ccccc1)N(c1ccc(F)cc1)S(C)(=O)=O. The van der Waals surface area contributed by atoms with Gasteiger partial charge in [0, 0.05) is 0 Å². The zero-order chi connectivity index (χ0) is 22.4. The molecule has 7 heteroatoms. The highest BCUT2D eigenvalue weighted by atomic mass is 32.2. The maximum atomic E-state index is 13.4. The predicted molar refractivity (Wildman–Crippen MR) is 121 cm³/mol. The third-order valence-corrected chi connectivity index (χ3v) is 6.14.